The highest BCUT2D eigenvalue weighted by atomic mass is 32.2. The Hall–Kier alpha value is -2.29. The zero-order valence-electron chi connectivity index (χ0n) is 21.8. The molecule has 2 aromatic rings. The number of nitrogens with zero attached hydrogens (tertiary/aromatic N) is 3. The van der Waals surface area contributed by atoms with Crippen LogP contribution in [0.25, 0.3) is 0 Å². The Balaban J connectivity index is 2.40. The van der Waals surface area contributed by atoms with Crippen LogP contribution in [-0.4, -0.2) is 103 Å². The topological polar surface area (TPSA) is 267 Å². The number of aliphatic hydroxyl groups excluding tert-OH is 1. The van der Waals surface area contributed by atoms with Crippen LogP contribution in [0.1, 0.15) is 5.56 Å². The highest BCUT2D eigenvalue weighted by Crippen LogP contribution is 2.27. The molecule has 0 aliphatic rings. The van der Waals surface area contributed by atoms with Gasteiger partial charge < -0.3 is 20.5 Å². The summed E-state index contributed by atoms with van der Waals surface area (Å²) in [7, 11) is -9.34. The van der Waals surface area contributed by atoms with Crippen molar-refractivity contribution >= 4 is 60.0 Å². The predicted molar refractivity (Wildman–Crippen MR) is 144 cm³/mol. The number of aromatic nitrogens is 3. The number of methoxy groups -OCH3 is 1. The quantitative estimate of drug-likeness (QED) is 0.0256. The number of hydrogen-bond donors (Lipinski definition) is 6. The van der Waals surface area contributed by atoms with Crippen molar-refractivity contribution in [2.24, 2.45) is 0 Å². The van der Waals surface area contributed by atoms with E-state index in [0.717, 1.165) is 32.4 Å². The Labute approximate surface area is 240 Å². The van der Waals surface area contributed by atoms with Gasteiger partial charge in [-0.05, 0) is 17.7 Å². The number of benzene rings is 1. The zero-order chi connectivity index (χ0) is 30.7. The van der Waals surface area contributed by atoms with Gasteiger partial charge in [0.25, 0.3) is 30.4 Å². The number of rotatable bonds is 19. The van der Waals surface area contributed by atoms with Gasteiger partial charge in [0.1, 0.15) is 11.5 Å². The van der Waals surface area contributed by atoms with Gasteiger partial charge in [0.15, 0.2) is 0 Å². The first-order valence-electron chi connectivity index (χ1n) is 11.1. The molecule has 1 heterocycles. The van der Waals surface area contributed by atoms with Gasteiger partial charge in [0.2, 0.25) is 17.1 Å². The van der Waals surface area contributed by atoms with Gasteiger partial charge in [0.05, 0.1) is 50.7 Å². The van der Waals surface area contributed by atoms with Crippen molar-refractivity contribution in [1.82, 2.24) is 25.7 Å². The van der Waals surface area contributed by atoms with Crippen LogP contribution in [0.2, 0.25) is 0 Å². The average molecular weight is 664 g/mol. The highest BCUT2D eigenvalue weighted by molar-refractivity contribution is 7.94. The third-order valence-electron chi connectivity index (χ3n) is 4.55. The molecule has 0 aliphatic carbocycles. The molecule has 1 atom stereocenters. The number of hydrogen-bond acceptors (Lipinski definition) is 19. The van der Waals surface area contributed by atoms with Gasteiger partial charge in [-0.25, -0.2) is 4.28 Å². The lowest BCUT2D eigenvalue weighted by atomic mass is 10.2. The minimum absolute atomic E-state index is 0.0472. The Kier molecular flexibility index (Phi) is 13.5. The van der Waals surface area contributed by atoms with E-state index in [0.29, 0.717) is 12.0 Å². The lowest BCUT2D eigenvalue weighted by Gasteiger charge is -2.15. The van der Waals surface area contributed by atoms with E-state index in [2.05, 4.69) is 44.7 Å². The number of anilines is 3. The molecule has 1 aromatic carbocycles. The van der Waals surface area contributed by atoms with Gasteiger partial charge in [-0.15, -0.1) is 0 Å². The second kappa shape index (κ2) is 15.8. The summed E-state index contributed by atoms with van der Waals surface area (Å²) in [6.45, 7) is 0.0631. The highest BCUT2D eigenvalue weighted by Gasteiger charge is 2.20. The van der Waals surface area contributed by atoms with Crippen molar-refractivity contribution in [1.29, 1.82) is 0 Å². The van der Waals surface area contributed by atoms with Crippen molar-refractivity contribution < 1.29 is 52.3 Å². The second-order valence-electron chi connectivity index (χ2n) is 7.65. The summed E-state index contributed by atoms with van der Waals surface area (Å²) in [5.74, 6) is -2.05. The van der Waals surface area contributed by atoms with Crippen LogP contribution in [0.5, 0.6) is 0 Å². The van der Waals surface area contributed by atoms with Crippen LogP contribution in [0, 0.1) is 0 Å². The van der Waals surface area contributed by atoms with E-state index in [1.807, 2.05) is 0 Å². The van der Waals surface area contributed by atoms with Crippen LogP contribution in [0.15, 0.2) is 28.3 Å². The van der Waals surface area contributed by atoms with Crippen molar-refractivity contribution in [3.05, 3.63) is 23.8 Å². The maximum atomic E-state index is 12.2. The monoisotopic (exact) mass is 663 g/mol. The first-order chi connectivity index (χ1) is 19.2. The first-order valence-corrected chi connectivity index (χ1v) is 16.4. The molecule has 2 rings (SSSR count). The molecule has 232 valence electrons. The Morgan fingerprint density at radius 1 is 1.00 bits per heavy atom. The van der Waals surface area contributed by atoms with Crippen molar-refractivity contribution in [3.8, 4) is 0 Å². The third kappa shape index (κ3) is 12.6. The number of nitrogens with one attached hydrogen (secondary N) is 4. The van der Waals surface area contributed by atoms with Gasteiger partial charge >= 0.3 is 0 Å². The smallest absolute Gasteiger partial charge is 0.296 e. The fourth-order valence-electron chi connectivity index (χ4n) is 2.77. The predicted octanol–water partition coefficient (Wildman–Crippen LogP) is -1.23. The summed E-state index contributed by atoms with van der Waals surface area (Å²) in [6, 6.07) is 3.27. The standard InChI is InChI=1S/C18H29N7O12S4/c1-34-11-19-10-21-37-38-18-24-16(20-7-13(26)9-40(30,31)35-2)23-17(25-18)22-15-6-14(41(32,33)36-3)5-4-12(15)8-39(27,28)29/h4-6,13,19,21,26H,7-11H2,1-3H3,(H,27,28,29)(H2,20,22,23,24,25). The van der Waals surface area contributed by atoms with E-state index in [9.17, 15) is 34.9 Å². The molecule has 0 fully saturated rings. The maximum Gasteiger partial charge on any atom is 0.296 e. The Bertz CT molecular complexity index is 1480. The molecule has 6 N–H and O–H groups in total. The molecular formula is C18H29N7O12S4. The van der Waals surface area contributed by atoms with Crippen LogP contribution in [0.3, 0.4) is 0 Å². The van der Waals surface area contributed by atoms with E-state index >= 15 is 0 Å². The molecular weight excluding hydrogens is 635 g/mol. The van der Waals surface area contributed by atoms with Gasteiger partial charge in [0, 0.05) is 19.3 Å². The maximum absolute atomic E-state index is 12.2. The van der Waals surface area contributed by atoms with Crippen LogP contribution >= 0.6 is 12.0 Å². The summed E-state index contributed by atoms with van der Waals surface area (Å²) in [5.41, 5.74) is 2.37. The minimum Gasteiger partial charge on any atom is -0.390 e. The molecule has 0 spiro atoms. The molecule has 0 saturated heterocycles. The fraction of sp³-hybridized carbons (Fsp3) is 0.500. The van der Waals surface area contributed by atoms with E-state index in [1.54, 1.807) is 0 Å². The summed E-state index contributed by atoms with van der Waals surface area (Å²) in [4.78, 5) is 11.9. The van der Waals surface area contributed by atoms with Crippen LogP contribution in [0.4, 0.5) is 17.6 Å². The average Bonchev–Trinajstić information content (AvgIpc) is 2.89. The molecule has 0 bridgehead atoms. The van der Waals surface area contributed by atoms with Crippen molar-refractivity contribution in [3.63, 3.8) is 0 Å². The fourth-order valence-corrected chi connectivity index (χ4v) is 5.27. The summed E-state index contributed by atoms with van der Waals surface area (Å²) >= 11 is 0.626. The van der Waals surface area contributed by atoms with Crippen molar-refractivity contribution in [2.75, 3.05) is 57.7 Å². The zero-order valence-corrected chi connectivity index (χ0v) is 25.1. The van der Waals surface area contributed by atoms with Gasteiger partial charge in [-0.3, -0.25) is 18.2 Å². The second-order valence-corrected chi connectivity index (χ2v) is 13.3. The van der Waals surface area contributed by atoms with E-state index in [-0.39, 0.29) is 53.1 Å². The SMILES string of the molecule is COCNCNOSc1nc(NCC(O)CS(=O)(=O)OC)nc(Nc2cc(S(=O)(=O)OC)ccc2CS(=O)(=O)O)n1. The van der Waals surface area contributed by atoms with Gasteiger partial charge in [-0.1, -0.05) is 6.07 Å². The molecule has 41 heavy (non-hydrogen) atoms. The molecule has 0 amide bonds. The lowest BCUT2D eigenvalue weighted by Crippen LogP contribution is -2.29. The minimum atomic E-state index is -4.54. The van der Waals surface area contributed by atoms with Crippen LogP contribution in [-0.2, 0) is 53.5 Å². The lowest BCUT2D eigenvalue weighted by molar-refractivity contribution is 0.148. The van der Waals surface area contributed by atoms with E-state index < -0.39 is 48.0 Å². The molecule has 1 unspecified atom stereocenters. The molecule has 23 heteroatoms. The Morgan fingerprint density at radius 2 is 1.71 bits per heavy atom. The molecule has 0 radical (unpaired) electrons. The van der Waals surface area contributed by atoms with E-state index in [4.69, 9.17) is 9.02 Å². The number of hydroxylamine groups is 1. The molecule has 1 aromatic heterocycles. The van der Waals surface area contributed by atoms with Crippen molar-refractivity contribution in [2.45, 2.75) is 21.9 Å². The number of ether oxygens (including phenoxy) is 1. The van der Waals surface area contributed by atoms with Crippen LogP contribution < -0.4 is 21.4 Å². The molecule has 0 aliphatic heterocycles. The largest absolute Gasteiger partial charge is 0.390 e. The normalized spacial score (nSPS) is 13.2. The van der Waals surface area contributed by atoms with E-state index in [1.165, 1.54) is 7.11 Å². The summed E-state index contributed by atoms with van der Waals surface area (Å²) in [6.07, 6.45) is -1.42. The Morgan fingerprint density at radius 3 is 2.34 bits per heavy atom. The molecule has 0 saturated carbocycles. The summed E-state index contributed by atoms with van der Waals surface area (Å²) in [5, 5.41) is 18.1. The first kappa shape index (κ1) is 34.9. The number of aliphatic hydroxyl groups is 1. The third-order valence-corrected chi connectivity index (χ3v) is 8.33. The summed E-state index contributed by atoms with van der Waals surface area (Å²) < 4.78 is 98.9. The van der Waals surface area contributed by atoms with Gasteiger partial charge in [-0.2, -0.15) is 45.7 Å². The molecule has 19 nitrogen and oxygen atoms in total.